The molecule has 0 aliphatic heterocycles. The van der Waals surface area contributed by atoms with Gasteiger partial charge in [0.25, 0.3) is 0 Å². The van der Waals surface area contributed by atoms with E-state index in [1.165, 1.54) is 30.5 Å². The fraction of sp³-hybridized carbons (Fsp3) is 0.158. The van der Waals surface area contributed by atoms with Gasteiger partial charge in [-0.2, -0.15) is 5.26 Å². The SMILES string of the molecule is COc1ccc2c(CC(=O)N[C@H](C#N)c3ccc(F)cc3)coc2c1. The van der Waals surface area contributed by atoms with Crippen molar-refractivity contribution in [3.05, 3.63) is 65.7 Å². The lowest BCUT2D eigenvalue weighted by Gasteiger charge is -2.11. The number of ether oxygens (including phenoxy) is 1. The Morgan fingerprint density at radius 2 is 2.08 bits per heavy atom. The molecule has 0 aliphatic carbocycles. The summed E-state index contributed by atoms with van der Waals surface area (Å²) in [6, 6.07) is 12.0. The highest BCUT2D eigenvalue weighted by Gasteiger charge is 2.16. The molecule has 0 radical (unpaired) electrons. The fourth-order valence-electron chi connectivity index (χ4n) is 2.56. The van der Waals surface area contributed by atoms with Crippen molar-refractivity contribution in [2.24, 2.45) is 0 Å². The van der Waals surface area contributed by atoms with Crippen LogP contribution in [0.3, 0.4) is 0 Å². The standard InChI is InChI=1S/C19H15FN2O3/c1-24-15-6-7-16-13(11-25-18(16)9-15)8-19(23)22-17(10-21)12-2-4-14(20)5-3-12/h2-7,9,11,17H,8H2,1H3,(H,22,23)/t17-/m1/s1. The van der Waals surface area contributed by atoms with Crippen LogP contribution in [0.25, 0.3) is 11.0 Å². The minimum Gasteiger partial charge on any atom is -0.497 e. The molecule has 1 heterocycles. The molecule has 1 amide bonds. The van der Waals surface area contributed by atoms with Gasteiger partial charge in [0, 0.05) is 17.0 Å². The lowest BCUT2D eigenvalue weighted by atomic mass is 10.1. The van der Waals surface area contributed by atoms with E-state index in [2.05, 4.69) is 5.32 Å². The summed E-state index contributed by atoms with van der Waals surface area (Å²) in [5.41, 5.74) is 1.86. The van der Waals surface area contributed by atoms with Gasteiger partial charge in [-0.25, -0.2) is 4.39 Å². The molecule has 25 heavy (non-hydrogen) atoms. The summed E-state index contributed by atoms with van der Waals surface area (Å²) in [4.78, 5) is 12.3. The summed E-state index contributed by atoms with van der Waals surface area (Å²) in [7, 11) is 1.57. The van der Waals surface area contributed by atoms with Crippen molar-refractivity contribution < 1.29 is 18.3 Å². The van der Waals surface area contributed by atoms with Gasteiger partial charge in [0.2, 0.25) is 5.91 Å². The Labute approximate surface area is 143 Å². The molecule has 6 heteroatoms. The van der Waals surface area contributed by atoms with Crippen molar-refractivity contribution in [1.29, 1.82) is 5.26 Å². The third kappa shape index (κ3) is 3.61. The molecule has 0 saturated heterocycles. The lowest BCUT2D eigenvalue weighted by Crippen LogP contribution is -2.28. The quantitative estimate of drug-likeness (QED) is 0.772. The van der Waals surface area contributed by atoms with E-state index in [1.54, 1.807) is 19.2 Å². The zero-order chi connectivity index (χ0) is 17.8. The number of methoxy groups -OCH3 is 1. The van der Waals surface area contributed by atoms with E-state index < -0.39 is 11.9 Å². The number of amides is 1. The highest BCUT2D eigenvalue weighted by atomic mass is 19.1. The van der Waals surface area contributed by atoms with Gasteiger partial charge in [-0.1, -0.05) is 12.1 Å². The number of carbonyl (C=O) groups excluding carboxylic acids is 1. The van der Waals surface area contributed by atoms with Gasteiger partial charge in [-0.3, -0.25) is 4.79 Å². The Bertz CT molecular complexity index is 941. The van der Waals surface area contributed by atoms with Gasteiger partial charge in [0.1, 0.15) is 23.2 Å². The number of carbonyl (C=O) groups is 1. The molecular weight excluding hydrogens is 323 g/mol. The van der Waals surface area contributed by atoms with E-state index in [-0.39, 0.29) is 12.3 Å². The first kappa shape index (κ1) is 16.5. The monoisotopic (exact) mass is 338 g/mol. The summed E-state index contributed by atoms with van der Waals surface area (Å²) in [6.07, 6.45) is 1.58. The van der Waals surface area contributed by atoms with E-state index in [0.717, 1.165) is 5.39 Å². The molecular formula is C19H15FN2O3. The molecule has 1 atom stereocenters. The fourth-order valence-corrected chi connectivity index (χ4v) is 2.56. The van der Waals surface area contributed by atoms with E-state index in [1.807, 2.05) is 12.1 Å². The number of nitrogens with one attached hydrogen (secondary N) is 1. The molecule has 1 N–H and O–H groups in total. The maximum Gasteiger partial charge on any atom is 0.225 e. The number of hydrogen-bond acceptors (Lipinski definition) is 4. The zero-order valence-corrected chi connectivity index (χ0v) is 13.5. The first-order valence-electron chi connectivity index (χ1n) is 7.59. The summed E-state index contributed by atoms with van der Waals surface area (Å²) in [5.74, 6) is -0.0554. The average molecular weight is 338 g/mol. The molecule has 1 aromatic heterocycles. The van der Waals surface area contributed by atoms with Crippen LogP contribution in [0.4, 0.5) is 4.39 Å². The number of fused-ring (bicyclic) bond motifs is 1. The highest BCUT2D eigenvalue weighted by molar-refractivity contribution is 5.88. The number of furan rings is 1. The summed E-state index contributed by atoms with van der Waals surface area (Å²) in [6.45, 7) is 0. The van der Waals surface area contributed by atoms with Gasteiger partial charge in [-0.05, 0) is 29.8 Å². The van der Waals surface area contributed by atoms with Crippen molar-refractivity contribution >= 4 is 16.9 Å². The smallest absolute Gasteiger partial charge is 0.225 e. The van der Waals surface area contributed by atoms with Crippen LogP contribution in [0.15, 0.2) is 53.1 Å². The van der Waals surface area contributed by atoms with Gasteiger partial charge < -0.3 is 14.5 Å². The predicted molar refractivity (Wildman–Crippen MR) is 89.4 cm³/mol. The van der Waals surface area contributed by atoms with Crippen molar-refractivity contribution in [2.75, 3.05) is 7.11 Å². The second kappa shape index (κ2) is 7.05. The highest BCUT2D eigenvalue weighted by Crippen LogP contribution is 2.26. The third-order valence-electron chi connectivity index (χ3n) is 3.85. The predicted octanol–water partition coefficient (Wildman–Crippen LogP) is 3.50. The second-order valence-electron chi connectivity index (χ2n) is 5.48. The Hall–Kier alpha value is -3.33. The van der Waals surface area contributed by atoms with Crippen LogP contribution in [-0.2, 0) is 11.2 Å². The van der Waals surface area contributed by atoms with E-state index >= 15 is 0 Å². The zero-order valence-electron chi connectivity index (χ0n) is 13.5. The number of halogens is 1. The molecule has 0 fully saturated rings. The topological polar surface area (TPSA) is 75.3 Å². The number of hydrogen-bond donors (Lipinski definition) is 1. The van der Waals surface area contributed by atoms with Crippen LogP contribution in [-0.4, -0.2) is 13.0 Å². The van der Waals surface area contributed by atoms with Gasteiger partial charge >= 0.3 is 0 Å². The maximum absolute atomic E-state index is 13.0. The average Bonchev–Trinajstić information content (AvgIpc) is 3.02. The van der Waals surface area contributed by atoms with E-state index in [4.69, 9.17) is 9.15 Å². The Kier molecular flexibility index (Phi) is 4.66. The van der Waals surface area contributed by atoms with Crippen LogP contribution in [0.2, 0.25) is 0 Å². The number of nitriles is 1. The Morgan fingerprint density at radius 3 is 2.76 bits per heavy atom. The van der Waals surface area contributed by atoms with Crippen LogP contribution < -0.4 is 10.1 Å². The normalized spacial score (nSPS) is 11.7. The van der Waals surface area contributed by atoms with E-state index in [9.17, 15) is 14.4 Å². The molecule has 0 aliphatic rings. The van der Waals surface area contributed by atoms with E-state index in [0.29, 0.717) is 22.5 Å². The number of nitrogens with zero attached hydrogens (tertiary/aromatic N) is 1. The lowest BCUT2D eigenvalue weighted by molar-refractivity contribution is -0.120. The Morgan fingerprint density at radius 1 is 1.32 bits per heavy atom. The van der Waals surface area contributed by atoms with Gasteiger partial charge in [0.05, 0.1) is 25.9 Å². The largest absolute Gasteiger partial charge is 0.497 e. The van der Waals surface area contributed by atoms with Crippen LogP contribution >= 0.6 is 0 Å². The Balaban J connectivity index is 1.73. The van der Waals surface area contributed by atoms with Crippen molar-refractivity contribution in [2.45, 2.75) is 12.5 Å². The van der Waals surface area contributed by atoms with Crippen molar-refractivity contribution in [1.82, 2.24) is 5.32 Å². The van der Waals surface area contributed by atoms with Crippen molar-refractivity contribution in [3.8, 4) is 11.8 Å². The minimum atomic E-state index is -0.841. The van der Waals surface area contributed by atoms with Crippen LogP contribution in [0.5, 0.6) is 5.75 Å². The molecule has 0 bridgehead atoms. The summed E-state index contributed by atoms with van der Waals surface area (Å²) < 4.78 is 23.6. The molecule has 5 nitrogen and oxygen atoms in total. The summed E-state index contributed by atoms with van der Waals surface area (Å²) >= 11 is 0. The minimum absolute atomic E-state index is 0.0682. The molecule has 2 aromatic carbocycles. The number of rotatable bonds is 5. The maximum atomic E-state index is 13.0. The van der Waals surface area contributed by atoms with Crippen LogP contribution in [0.1, 0.15) is 17.2 Å². The van der Waals surface area contributed by atoms with Gasteiger partial charge in [-0.15, -0.1) is 0 Å². The first-order valence-corrected chi connectivity index (χ1v) is 7.59. The molecule has 0 unspecified atom stereocenters. The van der Waals surface area contributed by atoms with Crippen LogP contribution in [0, 0.1) is 17.1 Å². The first-order chi connectivity index (χ1) is 12.1. The summed E-state index contributed by atoms with van der Waals surface area (Å²) in [5, 5.41) is 12.7. The second-order valence-corrected chi connectivity index (χ2v) is 5.48. The van der Waals surface area contributed by atoms with Crippen molar-refractivity contribution in [3.63, 3.8) is 0 Å². The molecule has 3 rings (SSSR count). The molecule has 0 saturated carbocycles. The molecule has 126 valence electrons. The number of benzene rings is 2. The van der Waals surface area contributed by atoms with Gasteiger partial charge in [0.15, 0.2) is 0 Å². The third-order valence-corrected chi connectivity index (χ3v) is 3.85. The molecule has 0 spiro atoms. The molecule has 3 aromatic rings.